The molecular formula is C15H17BrN4. The lowest BCUT2D eigenvalue weighted by atomic mass is 10.0. The highest BCUT2D eigenvalue weighted by Gasteiger charge is 2.19. The highest BCUT2D eigenvalue weighted by molar-refractivity contribution is 9.10. The number of halogens is 1. The van der Waals surface area contributed by atoms with Crippen molar-refractivity contribution >= 4 is 27.4 Å². The maximum absolute atomic E-state index is 4.41. The van der Waals surface area contributed by atoms with Crippen LogP contribution in [0.2, 0.25) is 0 Å². The second-order valence-corrected chi connectivity index (χ2v) is 5.90. The molecule has 2 aromatic rings. The van der Waals surface area contributed by atoms with Crippen LogP contribution in [-0.2, 0) is 0 Å². The molecular weight excluding hydrogens is 316 g/mol. The van der Waals surface area contributed by atoms with Crippen molar-refractivity contribution in [2.75, 3.05) is 23.3 Å². The summed E-state index contributed by atoms with van der Waals surface area (Å²) in [7, 11) is 0. The van der Waals surface area contributed by atoms with Gasteiger partial charge < -0.3 is 10.2 Å². The van der Waals surface area contributed by atoms with Gasteiger partial charge in [0.15, 0.2) is 0 Å². The lowest BCUT2D eigenvalue weighted by Gasteiger charge is -2.33. The molecule has 3 rings (SSSR count). The lowest BCUT2D eigenvalue weighted by molar-refractivity contribution is 0.523. The van der Waals surface area contributed by atoms with Gasteiger partial charge in [-0.05, 0) is 47.0 Å². The SMILES string of the molecule is Brc1cncc(NC2CCN(c3ccccn3)CC2)c1. The monoisotopic (exact) mass is 332 g/mol. The molecule has 1 N–H and O–H groups in total. The third-order valence-corrected chi connectivity index (χ3v) is 3.98. The summed E-state index contributed by atoms with van der Waals surface area (Å²) in [5, 5.41) is 3.55. The smallest absolute Gasteiger partial charge is 0.128 e. The third kappa shape index (κ3) is 3.28. The van der Waals surface area contributed by atoms with Gasteiger partial charge in [0.05, 0.1) is 11.9 Å². The molecule has 0 atom stereocenters. The predicted molar refractivity (Wildman–Crippen MR) is 85.0 cm³/mol. The Balaban J connectivity index is 1.56. The number of aromatic nitrogens is 2. The van der Waals surface area contributed by atoms with Crippen LogP contribution in [0.25, 0.3) is 0 Å². The molecule has 0 unspecified atom stereocenters. The molecule has 3 heterocycles. The van der Waals surface area contributed by atoms with Crippen molar-refractivity contribution in [1.29, 1.82) is 0 Å². The number of hydrogen-bond acceptors (Lipinski definition) is 4. The summed E-state index contributed by atoms with van der Waals surface area (Å²) in [6.07, 6.45) is 7.75. The lowest BCUT2D eigenvalue weighted by Crippen LogP contribution is -2.39. The van der Waals surface area contributed by atoms with E-state index in [0.29, 0.717) is 6.04 Å². The van der Waals surface area contributed by atoms with E-state index in [1.807, 2.05) is 24.5 Å². The number of rotatable bonds is 3. The molecule has 1 aliphatic heterocycles. The summed E-state index contributed by atoms with van der Waals surface area (Å²) < 4.78 is 1.01. The van der Waals surface area contributed by atoms with E-state index in [2.05, 4.69) is 48.2 Å². The fourth-order valence-electron chi connectivity index (χ4n) is 2.52. The molecule has 0 bridgehead atoms. The van der Waals surface area contributed by atoms with Crippen LogP contribution < -0.4 is 10.2 Å². The Morgan fingerprint density at radius 2 is 2.05 bits per heavy atom. The fraction of sp³-hybridized carbons (Fsp3) is 0.333. The second-order valence-electron chi connectivity index (χ2n) is 4.99. The number of pyridine rings is 2. The van der Waals surface area contributed by atoms with Crippen molar-refractivity contribution in [2.24, 2.45) is 0 Å². The van der Waals surface area contributed by atoms with Gasteiger partial charge in [0.2, 0.25) is 0 Å². The molecule has 0 aliphatic carbocycles. The van der Waals surface area contributed by atoms with E-state index in [4.69, 9.17) is 0 Å². The normalized spacial score (nSPS) is 16.1. The first-order chi connectivity index (χ1) is 9.81. The summed E-state index contributed by atoms with van der Waals surface area (Å²) in [5.41, 5.74) is 1.08. The summed E-state index contributed by atoms with van der Waals surface area (Å²) in [5.74, 6) is 1.08. The van der Waals surface area contributed by atoms with E-state index < -0.39 is 0 Å². The first kappa shape index (κ1) is 13.4. The van der Waals surface area contributed by atoms with E-state index in [1.165, 1.54) is 0 Å². The van der Waals surface area contributed by atoms with Crippen molar-refractivity contribution in [3.8, 4) is 0 Å². The van der Waals surface area contributed by atoms with Crippen molar-refractivity contribution in [3.05, 3.63) is 47.3 Å². The third-order valence-electron chi connectivity index (χ3n) is 3.54. The minimum Gasteiger partial charge on any atom is -0.381 e. The van der Waals surface area contributed by atoms with Crippen molar-refractivity contribution < 1.29 is 0 Å². The molecule has 0 saturated carbocycles. The zero-order valence-electron chi connectivity index (χ0n) is 11.2. The minimum atomic E-state index is 0.506. The zero-order chi connectivity index (χ0) is 13.8. The van der Waals surface area contributed by atoms with Crippen LogP contribution in [0.3, 0.4) is 0 Å². The Morgan fingerprint density at radius 3 is 2.75 bits per heavy atom. The molecule has 1 saturated heterocycles. The van der Waals surface area contributed by atoms with E-state index in [9.17, 15) is 0 Å². The Labute approximate surface area is 127 Å². The standard InChI is InChI=1S/C15H17BrN4/c16-12-9-14(11-17-10-12)19-13-4-7-20(8-5-13)15-3-1-2-6-18-15/h1-3,6,9-11,13,19H,4-5,7-8H2. The molecule has 20 heavy (non-hydrogen) atoms. The maximum Gasteiger partial charge on any atom is 0.128 e. The molecule has 0 amide bonds. The van der Waals surface area contributed by atoms with Crippen LogP contribution in [0, 0.1) is 0 Å². The van der Waals surface area contributed by atoms with Gasteiger partial charge in [0.1, 0.15) is 5.82 Å². The molecule has 0 spiro atoms. The average molecular weight is 333 g/mol. The maximum atomic E-state index is 4.41. The van der Waals surface area contributed by atoms with Gasteiger partial charge >= 0.3 is 0 Å². The van der Waals surface area contributed by atoms with Gasteiger partial charge in [-0.2, -0.15) is 0 Å². The molecule has 5 heteroatoms. The highest BCUT2D eigenvalue weighted by atomic mass is 79.9. The van der Waals surface area contributed by atoms with Gasteiger partial charge in [0.25, 0.3) is 0 Å². The number of nitrogens with zero attached hydrogens (tertiary/aromatic N) is 3. The largest absolute Gasteiger partial charge is 0.381 e. The van der Waals surface area contributed by atoms with Crippen molar-refractivity contribution in [2.45, 2.75) is 18.9 Å². The van der Waals surface area contributed by atoms with E-state index in [-0.39, 0.29) is 0 Å². The minimum absolute atomic E-state index is 0.506. The summed E-state index contributed by atoms with van der Waals surface area (Å²) in [4.78, 5) is 10.9. The Morgan fingerprint density at radius 1 is 1.20 bits per heavy atom. The number of piperidine rings is 1. The van der Waals surface area contributed by atoms with Gasteiger partial charge in [-0.3, -0.25) is 4.98 Å². The summed E-state index contributed by atoms with van der Waals surface area (Å²) in [6, 6.07) is 8.65. The predicted octanol–water partition coefficient (Wildman–Crippen LogP) is 3.32. The average Bonchev–Trinajstić information content (AvgIpc) is 2.49. The number of hydrogen-bond donors (Lipinski definition) is 1. The van der Waals surface area contributed by atoms with Gasteiger partial charge in [-0.1, -0.05) is 6.07 Å². The first-order valence-corrected chi connectivity index (χ1v) is 7.63. The molecule has 0 radical (unpaired) electrons. The van der Waals surface area contributed by atoms with Gasteiger partial charge in [0, 0.05) is 36.0 Å². The van der Waals surface area contributed by atoms with Crippen LogP contribution >= 0.6 is 15.9 Å². The molecule has 1 fully saturated rings. The van der Waals surface area contributed by atoms with E-state index >= 15 is 0 Å². The highest BCUT2D eigenvalue weighted by Crippen LogP contribution is 2.21. The fourth-order valence-corrected chi connectivity index (χ4v) is 2.89. The quantitative estimate of drug-likeness (QED) is 0.936. The van der Waals surface area contributed by atoms with Crippen LogP contribution in [0.4, 0.5) is 11.5 Å². The van der Waals surface area contributed by atoms with Crippen LogP contribution in [0.15, 0.2) is 47.3 Å². The molecule has 0 aromatic carbocycles. The van der Waals surface area contributed by atoms with Crippen molar-refractivity contribution in [3.63, 3.8) is 0 Å². The molecule has 1 aliphatic rings. The van der Waals surface area contributed by atoms with Crippen LogP contribution in [0.5, 0.6) is 0 Å². The summed E-state index contributed by atoms with van der Waals surface area (Å²) >= 11 is 3.45. The summed E-state index contributed by atoms with van der Waals surface area (Å²) in [6.45, 7) is 2.08. The second kappa shape index (κ2) is 6.22. The topological polar surface area (TPSA) is 41.1 Å². The number of anilines is 2. The molecule has 2 aromatic heterocycles. The number of nitrogens with one attached hydrogen (secondary N) is 1. The molecule has 104 valence electrons. The Hall–Kier alpha value is -1.62. The Kier molecular flexibility index (Phi) is 4.16. The van der Waals surface area contributed by atoms with Crippen LogP contribution in [-0.4, -0.2) is 29.1 Å². The Bertz CT molecular complexity index is 553. The van der Waals surface area contributed by atoms with Crippen LogP contribution in [0.1, 0.15) is 12.8 Å². The molecule has 4 nitrogen and oxygen atoms in total. The van der Waals surface area contributed by atoms with E-state index in [0.717, 1.165) is 41.9 Å². The first-order valence-electron chi connectivity index (χ1n) is 6.84. The van der Waals surface area contributed by atoms with E-state index in [1.54, 1.807) is 6.20 Å². The van der Waals surface area contributed by atoms with Gasteiger partial charge in [-0.25, -0.2) is 4.98 Å². The van der Waals surface area contributed by atoms with Crippen molar-refractivity contribution in [1.82, 2.24) is 9.97 Å². The van der Waals surface area contributed by atoms with Gasteiger partial charge in [-0.15, -0.1) is 0 Å². The zero-order valence-corrected chi connectivity index (χ0v) is 12.8.